The van der Waals surface area contributed by atoms with Crippen LogP contribution in [0.15, 0.2) is 30.4 Å². The predicted molar refractivity (Wildman–Crippen MR) is 86.4 cm³/mol. The Morgan fingerprint density at radius 3 is 2.46 bits per heavy atom. The number of carbonyl (C=O) groups excluding carboxylic acids is 1. The lowest BCUT2D eigenvalue weighted by Crippen LogP contribution is -2.51. The molecule has 1 aliphatic heterocycles. The van der Waals surface area contributed by atoms with Crippen LogP contribution >= 0.6 is 0 Å². The van der Waals surface area contributed by atoms with Crippen LogP contribution in [0.2, 0.25) is 0 Å². The molecule has 0 aromatic heterocycles. The molecule has 1 aromatic rings. The summed E-state index contributed by atoms with van der Waals surface area (Å²) in [7, 11) is 0. The van der Waals surface area contributed by atoms with Crippen LogP contribution < -0.4 is 5.32 Å². The van der Waals surface area contributed by atoms with Crippen LogP contribution in [0.4, 0.5) is 13.6 Å². The SMILES string of the molecule is O=C(NC1CC=CCC1)N1CCC(O)(c2c(F)cccc2F)CC1. The van der Waals surface area contributed by atoms with E-state index in [1.165, 1.54) is 6.07 Å². The normalized spacial score (nSPS) is 23.1. The molecule has 3 rings (SSSR count). The number of rotatable bonds is 2. The molecule has 0 saturated carbocycles. The smallest absolute Gasteiger partial charge is 0.317 e. The van der Waals surface area contributed by atoms with Crippen molar-refractivity contribution >= 4 is 6.03 Å². The summed E-state index contributed by atoms with van der Waals surface area (Å²) >= 11 is 0. The first kappa shape index (κ1) is 16.9. The molecule has 1 heterocycles. The van der Waals surface area contributed by atoms with Gasteiger partial charge >= 0.3 is 6.03 Å². The summed E-state index contributed by atoms with van der Waals surface area (Å²) in [6, 6.07) is 3.52. The molecule has 1 atom stereocenters. The monoisotopic (exact) mass is 336 g/mol. The molecule has 1 unspecified atom stereocenters. The first-order valence-electron chi connectivity index (χ1n) is 8.37. The third kappa shape index (κ3) is 3.43. The summed E-state index contributed by atoms with van der Waals surface area (Å²) in [6.07, 6.45) is 7.09. The Bertz CT molecular complexity index is 620. The van der Waals surface area contributed by atoms with Gasteiger partial charge in [-0.3, -0.25) is 0 Å². The molecule has 1 aliphatic carbocycles. The number of urea groups is 1. The predicted octanol–water partition coefficient (Wildman–Crippen LogP) is 3.07. The van der Waals surface area contributed by atoms with E-state index in [9.17, 15) is 18.7 Å². The van der Waals surface area contributed by atoms with Gasteiger partial charge in [-0.2, -0.15) is 0 Å². The Balaban J connectivity index is 1.62. The van der Waals surface area contributed by atoms with Crippen molar-refractivity contribution in [3.05, 3.63) is 47.5 Å². The van der Waals surface area contributed by atoms with E-state index >= 15 is 0 Å². The van der Waals surface area contributed by atoms with Gasteiger partial charge in [0, 0.05) is 19.1 Å². The third-order valence-corrected chi connectivity index (χ3v) is 4.90. The highest BCUT2D eigenvalue weighted by Gasteiger charge is 2.39. The highest BCUT2D eigenvalue weighted by Crippen LogP contribution is 2.36. The zero-order valence-corrected chi connectivity index (χ0v) is 13.5. The molecule has 1 saturated heterocycles. The molecule has 0 radical (unpaired) electrons. The minimum absolute atomic E-state index is 0.114. The molecule has 1 fully saturated rings. The summed E-state index contributed by atoms with van der Waals surface area (Å²) < 4.78 is 27.9. The Labute approximate surface area is 140 Å². The van der Waals surface area contributed by atoms with Crippen molar-refractivity contribution in [1.29, 1.82) is 0 Å². The molecule has 1 aromatic carbocycles. The largest absolute Gasteiger partial charge is 0.385 e. The fourth-order valence-electron chi connectivity index (χ4n) is 3.46. The number of aliphatic hydroxyl groups is 1. The average molecular weight is 336 g/mol. The number of benzene rings is 1. The molecular weight excluding hydrogens is 314 g/mol. The van der Waals surface area contributed by atoms with Crippen LogP contribution in [0, 0.1) is 11.6 Å². The maximum atomic E-state index is 13.9. The quantitative estimate of drug-likeness (QED) is 0.816. The first-order chi connectivity index (χ1) is 11.5. The lowest BCUT2D eigenvalue weighted by molar-refractivity contribution is -0.0225. The van der Waals surface area contributed by atoms with Crippen molar-refractivity contribution in [3.63, 3.8) is 0 Å². The number of piperidine rings is 1. The van der Waals surface area contributed by atoms with Crippen LogP contribution in [0.5, 0.6) is 0 Å². The Morgan fingerprint density at radius 1 is 1.21 bits per heavy atom. The molecule has 6 heteroatoms. The van der Waals surface area contributed by atoms with Gasteiger partial charge in [0.2, 0.25) is 0 Å². The molecule has 0 bridgehead atoms. The molecule has 0 spiro atoms. The zero-order chi connectivity index (χ0) is 17.2. The van der Waals surface area contributed by atoms with E-state index in [4.69, 9.17) is 0 Å². The fraction of sp³-hybridized carbons (Fsp3) is 0.500. The van der Waals surface area contributed by atoms with Gasteiger partial charge in [0.25, 0.3) is 0 Å². The van der Waals surface area contributed by atoms with Gasteiger partial charge in [0.1, 0.15) is 11.6 Å². The highest BCUT2D eigenvalue weighted by molar-refractivity contribution is 5.74. The maximum absolute atomic E-state index is 13.9. The number of allylic oxidation sites excluding steroid dienone is 1. The number of carbonyl (C=O) groups is 1. The number of hydrogen-bond acceptors (Lipinski definition) is 2. The maximum Gasteiger partial charge on any atom is 0.317 e. The average Bonchev–Trinajstić information content (AvgIpc) is 2.56. The van der Waals surface area contributed by atoms with E-state index in [-0.39, 0.29) is 43.6 Å². The van der Waals surface area contributed by atoms with Crippen LogP contribution in [0.1, 0.15) is 37.7 Å². The minimum atomic E-state index is -1.57. The zero-order valence-electron chi connectivity index (χ0n) is 13.5. The van der Waals surface area contributed by atoms with Crippen LogP contribution in [0.25, 0.3) is 0 Å². The molecule has 130 valence electrons. The van der Waals surface area contributed by atoms with Crippen molar-refractivity contribution in [2.75, 3.05) is 13.1 Å². The number of nitrogens with zero attached hydrogens (tertiary/aromatic N) is 1. The van der Waals surface area contributed by atoms with Gasteiger partial charge in [-0.05, 0) is 44.2 Å². The first-order valence-corrected chi connectivity index (χ1v) is 8.37. The van der Waals surface area contributed by atoms with E-state index in [0.717, 1.165) is 31.4 Å². The fourth-order valence-corrected chi connectivity index (χ4v) is 3.46. The lowest BCUT2D eigenvalue weighted by Gasteiger charge is -2.39. The summed E-state index contributed by atoms with van der Waals surface area (Å²) in [5.41, 5.74) is -1.86. The summed E-state index contributed by atoms with van der Waals surface area (Å²) in [5, 5.41) is 13.7. The van der Waals surface area contributed by atoms with E-state index in [0.29, 0.717) is 0 Å². The van der Waals surface area contributed by atoms with Gasteiger partial charge < -0.3 is 15.3 Å². The summed E-state index contributed by atoms with van der Waals surface area (Å²) in [5.74, 6) is -1.49. The van der Waals surface area contributed by atoms with E-state index in [1.54, 1.807) is 4.90 Å². The number of hydrogen-bond donors (Lipinski definition) is 2. The van der Waals surface area contributed by atoms with Crippen LogP contribution in [-0.4, -0.2) is 35.2 Å². The van der Waals surface area contributed by atoms with E-state index in [1.807, 2.05) is 0 Å². The van der Waals surface area contributed by atoms with Gasteiger partial charge in [-0.1, -0.05) is 18.2 Å². The second-order valence-electron chi connectivity index (χ2n) is 6.55. The van der Waals surface area contributed by atoms with Crippen molar-refractivity contribution in [2.24, 2.45) is 0 Å². The third-order valence-electron chi connectivity index (χ3n) is 4.90. The van der Waals surface area contributed by atoms with Crippen LogP contribution in [0.3, 0.4) is 0 Å². The number of nitrogens with one attached hydrogen (secondary N) is 1. The number of halogens is 2. The summed E-state index contributed by atoms with van der Waals surface area (Å²) in [6.45, 7) is 0.525. The van der Waals surface area contributed by atoms with Crippen molar-refractivity contribution in [2.45, 2.75) is 43.7 Å². The van der Waals surface area contributed by atoms with Gasteiger partial charge in [0.05, 0.1) is 11.2 Å². The van der Waals surface area contributed by atoms with Crippen molar-refractivity contribution in [3.8, 4) is 0 Å². The van der Waals surface area contributed by atoms with E-state index in [2.05, 4.69) is 17.5 Å². The van der Waals surface area contributed by atoms with Crippen molar-refractivity contribution in [1.82, 2.24) is 10.2 Å². The second-order valence-corrected chi connectivity index (χ2v) is 6.55. The van der Waals surface area contributed by atoms with Gasteiger partial charge in [0.15, 0.2) is 0 Å². The van der Waals surface area contributed by atoms with E-state index < -0.39 is 17.2 Å². The molecule has 2 aliphatic rings. The Hall–Kier alpha value is -1.95. The molecule has 24 heavy (non-hydrogen) atoms. The lowest BCUT2D eigenvalue weighted by atomic mass is 9.84. The minimum Gasteiger partial charge on any atom is -0.385 e. The van der Waals surface area contributed by atoms with Crippen molar-refractivity contribution < 1.29 is 18.7 Å². The number of amides is 2. The van der Waals surface area contributed by atoms with Gasteiger partial charge in [-0.15, -0.1) is 0 Å². The molecule has 2 amide bonds. The van der Waals surface area contributed by atoms with Crippen LogP contribution in [-0.2, 0) is 5.60 Å². The summed E-state index contributed by atoms with van der Waals surface area (Å²) in [4.78, 5) is 13.9. The Kier molecular flexibility index (Phi) is 4.85. The topological polar surface area (TPSA) is 52.6 Å². The second kappa shape index (κ2) is 6.89. The molecular formula is C18H22F2N2O2. The molecule has 4 nitrogen and oxygen atoms in total. The molecule has 2 N–H and O–H groups in total. The standard InChI is InChI=1S/C18H22F2N2O2/c19-14-7-4-8-15(20)16(14)18(24)9-11-22(12-10-18)17(23)21-13-5-2-1-3-6-13/h1-2,4,7-8,13,24H,3,5-6,9-12H2,(H,21,23). The highest BCUT2D eigenvalue weighted by atomic mass is 19.1. The number of likely N-dealkylation sites (tertiary alicyclic amines) is 1. The van der Waals surface area contributed by atoms with Gasteiger partial charge in [-0.25, -0.2) is 13.6 Å². The Morgan fingerprint density at radius 2 is 1.88 bits per heavy atom.